The summed E-state index contributed by atoms with van der Waals surface area (Å²) in [5, 5.41) is 1.22. The molecule has 2 aliphatic heterocycles. The molecule has 0 spiro atoms. The van der Waals surface area contributed by atoms with E-state index in [0.717, 1.165) is 38.9 Å². The third-order valence-corrected chi connectivity index (χ3v) is 8.73. The van der Waals surface area contributed by atoms with Gasteiger partial charge in [0, 0.05) is 33.1 Å². The van der Waals surface area contributed by atoms with Crippen molar-refractivity contribution in [1.82, 2.24) is 14.7 Å². The minimum atomic E-state index is -0.265. The molecule has 0 aliphatic carbocycles. The lowest BCUT2D eigenvalue weighted by molar-refractivity contribution is -0.136. The van der Waals surface area contributed by atoms with E-state index in [0.29, 0.717) is 10.0 Å². The van der Waals surface area contributed by atoms with Crippen LogP contribution in [0.5, 0.6) is 0 Å². The molecule has 4 rings (SSSR count). The highest BCUT2D eigenvalue weighted by molar-refractivity contribution is 6.42. The molecule has 0 saturated carbocycles. The number of piperidine rings is 2. The molecule has 2 fully saturated rings. The lowest BCUT2D eigenvalue weighted by Gasteiger charge is -2.49. The van der Waals surface area contributed by atoms with E-state index in [1.807, 2.05) is 30.1 Å². The van der Waals surface area contributed by atoms with Gasteiger partial charge in [-0.3, -0.25) is 9.69 Å². The van der Waals surface area contributed by atoms with E-state index in [1.54, 1.807) is 6.92 Å². The van der Waals surface area contributed by atoms with Crippen LogP contribution in [-0.4, -0.2) is 60.4 Å². The topological polar surface area (TPSA) is 26.8 Å². The summed E-state index contributed by atoms with van der Waals surface area (Å²) in [7, 11) is 1.96. The highest BCUT2D eigenvalue weighted by atomic mass is 35.5. The van der Waals surface area contributed by atoms with Gasteiger partial charge in [0.2, 0.25) is 5.91 Å². The van der Waals surface area contributed by atoms with Crippen LogP contribution < -0.4 is 0 Å². The van der Waals surface area contributed by atoms with E-state index < -0.39 is 0 Å². The molecule has 0 bridgehead atoms. The summed E-state index contributed by atoms with van der Waals surface area (Å²) in [4.78, 5) is 19.6. The molecule has 1 amide bonds. The number of likely N-dealkylation sites (tertiary alicyclic amines) is 2. The van der Waals surface area contributed by atoms with E-state index in [4.69, 9.17) is 23.2 Å². The van der Waals surface area contributed by atoms with Crippen molar-refractivity contribution in [2.24, 2.45) is 0 Å². The Morgan fingerprint density at radius 1 is 0.971 bits per heavy atom. The quantitative estimate of drug-likeness (QED) is 0.440. The van der Waals surface area contributed by atoms with Crippen LogP contribution in [0.15, 0.2) is 48.5 Å². The average Bonchev–Trinajstić information content (AvgIpc) is 2.87. The molecule has 6 heteroatoms. The summed E-state index contributed by atoms with van der Waals surface area (Å²) in [5.74, 6) is 0.114. The fraction of sp³-hybridized carbons (Fsp3) is 0.536. The summed E-state index contributed by atoms with van der Waals surface area (Å²) < 4.78 is 0. The van der Waals surface area contributed by atoms with Crippen molar-refractivity contribution >= 4 is 29.1 Å². The fourth-order valence-electron chi connectivity index (χ4n) is 5.84. The van der Waals surface area contributed by atoms with Gasteiger partial charge < -0.3 is 9.80 Å². The van der Waals surface area contributed by atoms with Gasteiger partial charge in [0.05, 0.1) is 15.6 Å². The molecule has 184 valence electrons. The molecule has 0 N–H and O–H groups in total. The monoisotopic (exact) mass is 501 g/mol. The summed E-state index contributed by atoms with van der Waals surface area (Å²) in [6.07, 6.45) is 6.85. The molecule has 2 saturated heterocycles. The summed E-state index contributed by atoms with van der Waals surface area (Å²) in [5.41, 5.74) is 2.20. The summed E-state index contributed by atoms with van der Waals surface area (Å²) in [6, 6.07) is 16.9. The van der Waals surface area contributed by atoms with Gasteiger partial charge in [-0.25, -0.2) is 0 Å². The second-order valence-corrected chi connectivity index (χ2v) is 10.7. The van der Waals surface area contributed by atoms with Gasteiger partial charge in [-0.2, -0.15) is 0 Å². The molecule has 34 heavy (non-hydrogen) atoms. The first-order valence-electron chi connectivity index (χ1n) is 12.6. The number of hydrogen-bond acceptors (Lipinski definition) is 3. The lowest BCUT2D eigenvalue weighted by Crippen LogP contribution is -2.54. The summed E-state index contributed by atoms with van der Waals surface area (Å²) in [6.45, 7) is 7.03. The van der Waals surface area contributed by atoms with Gasteiger partial charge in [-0.1, -0.05) is 66.0 Å². The van der Waals surface area contributed by atoms with Crippen LogP contribution >= 0.6 is 23.2 Å². The third kappa shape index (κ3) is 5.62. The molecule has 2 aliphatic rings. The Labute approximate surface area is 214 Å². The van der Waals surface area contributed by atoms with Crippen LogP contribution in [0.25, 0.3) is 0 Å². The van der Waals surface area contributed by atoms with Gasteiger partial charge in [-0.15, -0.1) is 0 Å². The maximum Gasteiger partial charge on any atom is 0.219 e. The van der Waals surface area contributed by atoms with Crippen molar-refractivity contribution < 1.29 is 4.79 Å². The predicted molar refractivity (Wildman–Crippen MR) is 141 cm³/mol. The van der Waals surface area contributed by atoms with Gasteiger partial charge >= 0.3 is 0 Å². The van der Waals surface area contributed by atoms with Crippen molar-refractivity contribution in [2.45, 2.75) is 57.0 Å². The molecule has 0 aromatic heterocycles. The largest absolute Gasteiger partial charge is 0.336 e. The van der Waals surface area contributed by atoms with E-state index in [2.05, 4.69) is 40.1 Å². The number of carbonyl (C=O) groups excluding carboxylic acids is 1. The van der Waals surface area contributed by atoms with E-state index in [1.165, 1.54) is 43.5 Å². The molecular weight excluding hydrogens is 465 g/mol. The Hall–Kier alpha value is -1.59. The minimum absolute atomic E-state index is 0.114. The first kappa shape index (κ1) is 25.5. The van der Waals surface area contributed by atoms with Crippen LogP contribution in [0.4, 0.5) is 0 Å². The maximum atomic E-state index is 12.5. The number of hydrogen-bond donors (Lipinski definition) is 0. The zero-order valence-electron chi connectivity index (χ0n) is 20.5. The molecule has 1 atom stereocenters. The molecule has 4 nitrogen and oxygen atoms in total. The smallest absolute Gasteiger partial charge is 0.219 e. The van der Waals surface area contributed by atoms with E-state index in [9.17, 15) is 4.79 Å². The maximum absolute atomic E-state index is 12.5. The predicted octanol–water partition coefficient (Wildman–Crippen LogP) is 6.38. The summed E-state index contributed by atoms with van der Waals surface area (Å²) >= 11 is 12.7. The molecule has 1 unspecified atom stereocenters. The number of halogens is 2. The SMILES string of the molecule is CC(=O)N(C)C1(c2ccccc2)CCN(C(CCN2CCCCC2)c2ccc(Cl)c(Cl)c2)CC1. The highest BCUT2D eigenvalue weighted by Crippen LogP contribution is 2.41. The fourth-order valence-corrected chi connectivity index (χ4v) is 6.15. The molecule has 2 heterocycles. The first-order valence-corrected chi connectivity index (χ1v) is 13.4. The Balaban J connectivity index is 1.56. The molecular formula is C28H37Cl2N3O. The van der Waals surface area contributed by atoms with Crippen LogP contribution in [0.3, 0.4) is 0 Å². The highest BCUT2D eigenvalue weighted by Gasteiger charge is 2.42. The number of nitrogens with zero attached hydrogens (tertiary/aromatic N) is 3. The Bertz CT molecular complexity index is 953. The van der Waals surface area contributed by atoms with Gasteiger partial charge in [0.1, 0.15) is 0 Å². The number of rotatable bonds is 7. The van der Waals surface area contributed by atoms with Gasteiger partial charge in [0.15, 0.2) is 0 Å². The van der Waals surface area contributed by atoms with Crippen molar-refractivity contribution in [3.8, 4) is 0 Å². The second kappa shape index (κ2) is 11.4. The van der Waals surface area contributed by atoms with E-state index in [-0.39, 0.29) is 17.5 Å². The zero-order chi connectivity index (χ0) is 24.1. The normalized spacial score (nSPS) is 20.1. The van der Waals surface area contributed by atoms with Crippen molar-refractivity contribution in [3.63, 3.8) is 0 Å². The first-order chi connectivity index (χ1) is 16.4. The lowest BCUT2D eigenvalue weighted by atomic mass is 9.78. The third-order valence-electron chi connectivity index (χ3n) is 7.99. The molecule has 2 aromatic rings. The zero-order valence-corrected chi connectivity index (χ0v) is 22.0. The van der Waals surface area contributed by atoms with Gasteiger partial charge in [-0.05, 0) is 75.0 Å². The second-order valence-electron chi connectivity index (χ2n) is 9.89. The Morgan fingerprint density at radius 2 is 1.65 bits per heavy atom. The minimum Gasteiger partial charge on any atom is -0.336 e. The van der Waals surface area contributed by atoms with Crippen LogP contribution in [-0.2, 0) is 10.3 Å². The van der Waals surface area contributed by atoms with Gasteiger partial charge in [0.25, 0.3) is 0 Å². The Kier molecular flexibility index (Phi) is 8.57. The number of amides is 1. The van der Waals surface area contributed by atoms with Crippen LogP contribution in [0.2, 0.25) is 10.0 Å². The number of carbonyl (C=O) groups is 1. The Morgan fingerprint density at radius 3 is 2.26 bits per heavy atom. The number of benzene rings is 2. The van der Waals surface area contributed by atoms with Crippen molar-refractivity contribution in [3.05, 3.63) is 69.7 Å². The van der Waals surface area contributed by atoms with Crippen LogP contribution in [0, 0.1) is 0 Å². The molecule has 0 radical (unpaired) electrons. The van der Waals surface area contributed by atoms with E-state index >= 15 is 0 Å². The van der Waals surface area contributed by atoms with Crippen molar-refractivity contribution in [1.29, 1.82) is 0 Å². The standard InChI is InChI=1S/C28H37Cl2N3O/c1-22(34)31(2)28(24-9-5-3-6-10-24)14-19-33(20-15-28)27(13-18-32-16-7-4-8-17-32)23-11-12-25(29)26(30)21-23/h3,5-6,9-12,21,27H,4,7-8,13-20H2,1-2H3. The molecule has 2 aromatic carbocycles. The van der Waals surface area contributed by atoms with Crippen molar-refractivity contribution in [2.75, 3.05) is 39.8 Å². The van der Waals surface area contributed by atoms with Crippen LogP contribution in [0.1, 0.15) is 62.6 Å². The average molecular weight is 503 g/mol.